The molecule has 1 aliphatic rings. The molecule has 0 saturated carbocycles. The van der Waals surface area contributed by atoms with Crippen LogP contribution in [0.15, 0.2) is 78.9 Å². The average Bonchev–Trinajstić information content (AvgIpc) is 2.88. The van der Waals surface area contributed by atoms with Gasteiger partial charge in [0.2, 0.25) is 0 Å². The lowest BCUT2D eigenvalue weighted by Gasteiger charge is -2.34. The standard InChI is InChI=1S/C27H25N3O3/c1-33-25-14-12-23(13-15-25)26(31)29-16-18-30(19-17-29)27(32)28-24-9-5-8-22(20-24)11-10-21-6-3-2-4-7-21/h2-9,12-15,20H,16-19H2,1H3,(H,28,32). The van der Waals surface area contributed by atoms with Crippen LogP contribution in [0.5, 0.6) is 5.75 Å². The number of rotatable bonds is 3. The van der Waals surface area contributed by atoms with E-state index in [2.05, 4.69) is 17.2 Å². The van der Waals surface area contributed by atoms with Gasteiger partial charge in [0.25, 0.3) is 5.91 Å². The van der Waals surface area contributed by atoms with Crippen LogP contribution in [-0.2, 0) is 0 Å². The maximum Gasteiger partial charge on any atom is 0.321 e. The first-order valence-corrected chi connectivity index (χ1v) is 10.8. The fourth-order valence-corrected chi connectivity index (χ4v) is 3.57. The Morgan fingerprint density at radius 3 is 2.12 bits per heavy atom. The van der Waals surface area contributed by atoms with Crippen molar-refractivity contribution in [2.45, 2.75) is 0 Å². The third kappa shape index (κ3) is 5.72. The number of hydrogen-bond donors (Lipinski definition) is 1. The first-order chi connectivity index (χ1) is 16.1. The molecule has 1 fully saturated rings. The molecule has 6 nitrogen and oxygen atoms in total. The van der Waals surface area contributed by atoms with Gasteiger partial charge in [0, 0.05) is 48.6 Å². The molecule has 166 valence electrons. The van der Waals surface area contributed by atoms with Crippen LogP contribution < -0.4 is 10.1 Å². The topological polar surface area (TPSA) is 61.9 Å². The summed E-state index contributed by atoms with van der Waals surface area (Å²) in [5, 5.41) is 2.94. The lowest BCUT2D eigenvalue weighted by molar-refractivity contribution is 0.0671. The second-order valence-corrected chi connectivity index (χ2v) is 7.63. The number of hydrogen-bond acceptors (Lipinski definition) is 3. The van der Waals surface area contributed by atoms with Crippen LogP contribution in [-0.4, -0.2) is 55.0 Å². The molecule has 3 aromatic rings. The number of urea groups is 1. The van der Waals surface area contributed by atoms with Crippen molar-refractivity contribution in [1.82, 2.24) is 9.80 Å². The molecule has 1 heterocycles. The second-order valence-electron chi connectivity index (χ2n) is 7.63. The minimum absolute atomic E-state index is 0.0394. The molecule has 0 aromatic heterocycles. The zero-order valence-electron chi connectivity index (χ0n) is 18.5. The summed E-state index contributed by atoms with van der Waals surface area (Å²) in [6, 6.07) is 24.1. The molecule has 4 rings (SSSR count). The Balaban J connectivity index is 1.32. The van der Waals surface area contributed by atoms with E-state index in [1.165, 1.54) is 0 Å². The Bertz CT molecular complexity index is 1170. The lowest BCUT2D eigenvalue weighted by Crippen LogP contribution is -2.51. The summed E-state index contributed by atoms with van der Waals surface area (Å²) in [6.45, 7) is 1.92. The van der Waals surface area contributed by atoms with Crippen molar-refractivity contribution < 1.29 is 14.3 Å². The molecule has 0 unspecified atom stereocenters. The zero-order valence-corrected chi connectivity index (χ0v) is 18.5. The fraction of sp³-hybridized carbons (Fsp3) is 0.185. The van der Waals surface area contributed by atoms with Crippen LogP contribution in [0.25, 0.3) is 0 Å². The highest BCUT2D eigenvalue weighted by Crippen LogP contribution is 2.16. The van der Waals surface area contributed by atoms with E-state index in [9.17, 15) is 9.59 Å². The quantitative estimate of drug-likeness (QED) is 0.626. The van der Waals surface area contributed by atoms with Gasteiger partial charge >= 0.3 is 6.03 Å². The van der Waals surface area contributed by atoms with Gasteiger partial charge in [-0.05, 0) is 54.6 Å². The van der Waals surface area contributed by atoms with Gasteiger partial charge in [0.05, 0.1) is 7.11 Å². The number of nitrogens with zero attached hydrogens (tertiary/aromatic N) is 2. The average molecular weight is 440 g/mol. The second kappa shape index (κ2) is 10.4. The highest BCUT2D eigenvalue weighted by atomic mass is 16.5. The van der Waals surface area contributed by atoms with E-state index < -0.39 is 0 Å². The van der Waals surface area contributed by atoms with E-state index in [1.807, 2.05) is 54.6 Å². The molecule has 0 atom stereocenters. The van der Waals surface area contributed by atoms with E-state index in [1.54, 1.807) is 41.2 Å². The molecule has 33 heavy (non-hydrogen) atoms. The van der Waals surface area contributed by atoms with Crippen molar-refractivity contribution in [3.63, 3.8) is 0 Å². The summed E-state index contributed by atoms with van der Waals surface area (Å²) in [6.07, 6.45) is 0. The summed E-state index contributed by atoms with van der Waals surface area (Å²) >= 11 is 0. The summed E-state index contributed by atoms with van der Waals surface area (Å²) in [7, 11) is 1.59. The number of piperazine rings is 1. The number of amides is 3. The number of carbonyl (C=O) groups is 2. The van der Waals surface area contributed by atoms with E-state index in [-0.39, 0.29) is 11.9 Å². The maximum atomic E-state index is 12.7. The van der Waals surface area contributed by atoms with Crippen LogP contribution in [0, 0.1) is 11.8 Å². The number of methoxy groups -OCH3 is 1. The van der Waals surface area contributed by atoms with Crippen molar-refractivity contribution in [3.05, 3.63) is 95.6 Å². The largest absolute Gasteiger partial charge is 0.497 e. The number of ether oxygens (including phenoxy) is 1. The highest BCUT2D eigenvalue weighted by Gasteiger charge is 2.25. The SMILES string of the molecule is COc1ccc(C(=O)N2CCN(C(=O)Nc3cccc(C#Cc4ccccc4)c3)CC2)cc1. The predicted octanol–water partition coefficient (Wildman–Crippen LogP) is 4.08. The molecule has 3 aromatic carbocycles. The van der Waals surface area contributed by atoms with Gasteiger partial charge in [-0.25, -0.2) is 4.79 Å². The van der Waals surface area contributed by atoms with E-state index in [0.29, 0.717) is 43.2 Å². The number of anilines is 1. The Labute approximate surface area is 193 Å². The molecule has 0 bridgehead atoms. The molecular weight excluding hydrogens is 414 g/mol. The summed E-state index contributed by atoms with van der Waals surface area (Å²) < 4.78 is 5.14. The van der Waals surface area contributed by atoms with Crippen molar-refractivity contribution in [1.29, 1.82) is 0 Å². The summed E-state index contributed by atoms with van der Waals surface area (Å²) in [5.41, 5.74) is 3.07. The molecule has 1 N–H and O–H groups in total. The van der Waals surface area contributed by atoms with Gasteiger partial charge in [0.15, 0.2) is 0 Å². The van der Waals surface area contributed by atoms with Gasteiger partial charge in [-0.15, -0.1) is 0 Å². The van der Waals surface area contributed by atoms with Gasteiger partial charge in [-0.3, -0.25) is 4.79 Å². The van der Waals surface area contributed by atoms with Gasteiger partial charge in [-0.2, -0.15) is 0 Å². The minimum atomic E-state index is -0.181. The smallest absolute Gasteiger partial charge is 0.321 e. The number of benzene rings is 3. The van der Waals surface area contributed by atoms with E-state index in [4.69, 9.17) is 4.74 Å². The molecular formula is C27H25N3O3. The third-order valence-corrected chi connectivity index (χ3v) is 5.43. The number of carbonyl (C=O) groups excluding carboxylic acids is 2. The predicted molar refractivity (Wildman–Crippen MR) is 128 cm³/mol. The van der Waals surface area contributed by atoms with Crippen LogP contribution in [0.2, 0.25) is 0 Å². The fourth-order valence-electron chi connectivity index (χ4n) is 3.57. The van der Waals surface area contributed by atoms with E-state index in [0.717, 1.165) is 11.1 Å². The van der Waals surface area contributed by atoms with Crippen molar-refractivity contribution in [2.75, 3.05) is 38.6 Å². The normalized spacial score (nSPS) is 13.0. The van der Waals surface area contributed by atoms with E-state index >= 15 is 0 Å². The first-order valence-electron chi connectivity index (χ1n) is 10.8. The van der Waals surface area contributed by atoms with Crippen LogP contribution in [0.1, 0.15) is 21.5 Å². The molecule has 0 spiro atoms. The minimum Gasteiger partial charge on any atom is -0.497 e. The van der Waals surface area contributed by atoms with Crippen molar-refractivity contribution in [3.8, 4) is 17.6 Å². The monoisotopic (exact) mass is 439 g/mol. The Kier molecular flexibility index (Phi) is 6.91. The molecule has 3 amide bonds. The van der Waals surface area contributed by atoms with Gasteiger partial charge in [-0.1, -0.05) is 36.1 Å². The molecule has 6 heteroatoms. The van der Waals surface area contributed by atoms with Crippen LogP contribution in [0.4, 0.5) is 10.5 Å². The molecule has 1 saturated heterocycles. The highest BCUT2D eigenvalue weighted by molar-refractivity contribution is 5.95. The molecule has 0 aliphatic carbocycles. The Hall–Kier alpha value is -4.24. The van der Waals surface area contributed by atoms with Gasteiger partial charge < -0.3 is 19.9 Å². The lowest BCUT2D eigenvalue weighted by atomic mass is 10.1. The first kappa shape index (κ1) is 22.0. The van der Waals surface area contributed by atoms with Crippen molar-refractivity contribution >= 4 is 17.6 Å². The third-order valence-electron chi connectivity index (χ3n) is 5.43. The summed E-state index contributed by atoms with van der Waals surface area (Å²) in [5.74, 6) is 6.92. The Morgan fingerprint density at radius 2 is 1.42 bits per heavy atom. The maximum absolute atomic E-state index is 12.7. The molecule has 1 aliphatic heterocycles. The van der Waals surface area contributed by atoms with Crippen molar-refractivity contribution in [2.24, 2.45) is 0 Å². The van der Waals surface area contributed by atoms with Gasteiger partial charge in [0.1, 0.15) is 5.75 Å². The van der Waals surface area contributed by atoms with Crippen LogP contribution in [0.3, 0.4) is 0 Å². The van der Waals surface area contributed by atoms with Crippen LogP contribution >= 0.6 is 0 Å². The Morgan fingerprint density at radius 1 is 0.788 bits per heavy atom. The molecule has 0 radical (unpaired) electrons. The summed E-state index contributed by atoms with van der Waals surface area (Å²) in [4.78, 5) is 28.9. The number of nitrogens with one attached hydrogen (secondary N) is 1. The zero-order chi connectivity index (χ0) is 23.0.